The van der Waals surface area contributed by atoms with Crippen LogP contribution in [-0.4, -0.2) is 77.6 Å². The quantitative estimate of drug-likeness (QED) is 0.0592. The first-order valence-electron chi connectivity index (χ1n) is 15.9. The normalized spacial score (nSPS) is 12.8. The third-order valence-corrected chi connectivity index (χ3v) is 8.37. The summed E-state index contributed by atoms with van der Waals surface area (Å²) in [7, 11) is -4.44. The molecule has 0 saturated carbocycles. The van der Waals surface area contributed by atoms with Crippen molar-refractivity contribution in [2.45, 2.75) is 155 Å². The van der Waals surface area contributed by atoms with Crippen molar-refractivity contribution in [2.24, 2.45) is 0 Å². The predicted octanol–water partition coefficient (Wildman–Crippen LogP) is 6.50. The van der Waals surface area contributed by atoms with Gasteiger partial charge in [0.2, 0.25) is 0 Å². The molecule has 1 unspecified atom stereocenters. The molecule has 0 aromatic heterocycles. The summed E-state index contributed by atoms with van der Waals surface area (Å²) in [6.07, 6.45) is 27.3. The van der Waals surface area contributed by atoms with Gasteiger partial charge >= 0.3 is 0 Å². The van der Waals surface area contributed by atoms with E-state index in [1.54, 1.807) is 0 Å². The van der Waals surface area contributed by atoms with Crippen LogP contribution in [0.3, 0.4) is 0 Å². The number of aliphatic hydroxyl groups excluding tert-OH is 3. The first-order valence-corrected chi connectivity index (χ1v) is 17.4. The summed E-state index contributed by atoms with van der Waals surface area (Å²) in [6, 6.07) is 0. The molecule has 0 aliphatic heterocycles. The van der Waals surface area contributed by atoms with E-state index < -0.39 is 15.6 Å². The lowest BCUT2D eigenvalue weighted by Crippen LogP contribution is -2.52. The predicted molar refractivity (Wildman–Crippen MR) is 159 cm³/mol. The maximum atomic E-state index is 9.65. The van der Waals surface area contributed by atoms with Gasteiger partial charge in [-0.05, 0) is 32.6 Å². The number of hydrogen-bond acceptors (Lipinski definition) is 6. The largest absolute Gasteiger partial charge is 0.746 e. The van der Waals surface area contributed by atoms with Gasteiger partial charge in [0.1, 0.15) is 28.6 Å². The molecule has 0 aromatic rings. The first-order chi connectivity index (χ1) is 18.2. The van der Waals surface area contributed by atoms with Crippen molar-refractivity contribution < 1.29 is 32.8 Å². The van der Waals surface area contributed by atoms with Gasteiger partial charge in [-0.15, -0.1) is 0 Å². The topological polar surface area (TPSA) is 118 Å². The molecule has 0 saturated heterocycles. The van der Waals surface area contributed by atoms with Gasteiger partial charge in [0.05, 0.1) is 26.3 Å². The van der Waals surface area contributed by atoms with Crippen LogP contribution in [-0.2, 0) is 10.1 Å². The van der Waals surface area contributed by atoms with Crippen LogP contribution in [0.15, 0.2) is 0 Å². The molecule has 0 aromatic carbocycles. The van der Waals surface area contributed by atoms with Crippen LogP contribution in [0.25, 0.3) is 0 Å². The second kappa shape index (κ2) is 28.3. The summed E-state index contributed by atoms with van der Waals surface area (Å²) in [4.78, 5) is 0. The van der Waals surface area contributed by atoms with Gasteiger partial charge in [0.15, 0.2) is 0 Å². The highest BCUT2D eigenvalue weighted by molar-refractivity contribution is 7.86. The molecule has 0 aliphatic rings. The fraction of sp³-hybridized carbons (Fsp3) is 1.00. The molecule has 0 rings (SSSR count). The molecule has 0 spiro atoms. The lowest BCUT2D eigenvalue weighted by atomic mass is 10.1. The highest BCUT2D eigenvalue weighted by Crippen LogP contribution is 2.17. The second-order valence-corrected chi connectivity index (χ2v) is 12.8. The fourth-order valence-electron chi connectivity index (χ4n) is 4.96. The van der Waals surface area contributed by atoms with Crippen LogP contribution in [0.4, 0.5) is 0 Å². The molecule has 0 amide bonds. The Labute approximate surface area is 236 Å². The van der Waals surface area contributed by atoms with E-state index in [1.165, 1.54) is 128 Å². The second-order valence-electron chi connectivity index (χ2n) is 11.1. The SMILES string of the molecule is CC(O)S(=O)(=O)[O-].CCCCCCCCCCCC[N+](CCO)(CCO)CCCCCCCCCCCC. The lowest BCUT2D eigenvalue weighted by molar-refractivity contribution is -0.929. The summed E-state index contributed by atoms with van der Waals surface area (Å²) in [6.45, 7) is 9.85. The summed E-state index contributed by atoms with van der Waals surface area (Å²) in [5.74, 6) is 0. The molecular formula is C30H65NO6S. The van der Waals surface area contributed by atoms with Crippen LogP contribution in [0, 0.1) is 0 Å². The van der Waals surface area contributed by atoms with Gasteiger partial charge in [0, 0.05) is 0 Å². The Bertz CT molecular complexity index is 539. The number of unbranched alkanes of at least 4 members (excludes halogenated alkanes) is 18. The highest BCUT2D eigenvalue weighted by atomic mass is 32.2. The van der Waals surface area contributed by atoms with Crippen molar-refractivity contribution in [3.8, 4) is 0 Å². The number of rotatable bonds is 27. The molecule has 0 bridgehead atoms. The zero-order valence-corrected chi connectivity index (χ0v) is 26.2. The minimum atomic E-state index is -4.44. The van der Waals surface area contributed by atoms with Gasteiger partial charge in [-0.1, -0.05) is 117 Å². The van der Waals surface area contributed by atoms with Crippen molar-refractivity contribution in [2.75, 3.05) is 39.4 Å². The van der Waals surface area contributed by atoms with Crippen LogP contribution in [0.1, 0.15) is 149 Å². The number of nitrogens with zero attached hydrogens (tertiary/aromatic N) is 1. The molecule has 0 heterocycles. The van der Waals surface area contributed by atoms with Gasteiger partial charge in [-0.25, -0.2) is 8.42 Å². The molecule has 0 fully saturated rings. The summed E-state index contributed by atoms with van der Waals surface area (Å²) in [5, 5.41) is 27.3. The maximum Gasteiger partial charge on any atom is 0.140 e. The zero-order valence-electron chi connectivity index (χ0n) is 25.4. The number of hydrogen-bond donors (Lipinski definition) is 3. The lowest BCUT2D eigenvalue weighted by Gasteiger charge is -2.38. The van der Waals surface area contributed by atoms with Gasteiger partial charge in [0.25, 0.3) is 0 Å². The summed E-state index contributed by atoms with van der Waals surface area (Å²) >= 11 is 0. The fourth-order valence-corrected chi connectivity index (χ4v) is 4.96. The van der Waals surface area contributed by atoms with E-state index >= 15 is 0 Å². The van der Waals surface area contributed by atoms with Crippen molar-refractivity contribution in [1.82, 2.24) is 0 Å². The number of aliphatic hydroxyl groups is 3. The third-order valence-electron chi connectivity index (χ3n) is 7.54. The van der Waals surface area contributed by atoms with Gasteiger partial charge in [-0.2, -0.15) is 0 Å². The van der Waals surface area contributed by atoms with Crippen LogP contribution in [0.5, 0.6) is 0 Å². The Morgan fingerprint density at radius 3 is 1.00 bits per heavy atom. The van der Waals surface area contributed by atoms with Crippen molar-refractivity contribution in [3.63, 3.8) is 0 Å². The molecule has 232 valence electrons. The monoisotopic (exact) mass is 567 g/mol. The Balaban J connectivity index is 0. The molecular weight excluding hydrogens is 502 g/mol. The van der Waals surface area contributed by atoms with Crippen molar-refractivity contribution in [1.29, 1.82) is 0 Å². The standard InChI is InChI=1S/C28H60NO2.C2H6O4S/c1-3-5-7-9-11-13-15-17-19-21-23-29(25-27-30,26-28-31)24-22-20-18-16-14-12-10-8-6-4-2;1-2(3)7(4,5)6/h30-31H,3-28H2,1-2H3;2-3H,1H3,(H,4,5,6)/q+1;/p-1. The van der Waals surface area contributed by atoms with Crippen LogP contribution >= 0.6 is 0 Å². The van der Waals surface area contributed by atoms with Crippen LogP contribution < -0.4 is 0 Å². The van der Waals surface area contributed by atoms with E-state index in [0.717, 1.165) is 37.6 Å². The summed E-state index contributed by atoms with van der Waals surface area (Å²) in [5.41, 5.74) is -1.78. The van der Waals surface area contributed by atoms with E-state index in [-0.39, 0.29) is 13.2 Å². The third kappa shape index (κ3) is 27.3. The first kappa shape index (κ1) is 39.9. The molecule has 8 heteroatoms. The Hall–Kier alpha value is -0.250. The minimum Gasteiger partial charge on any atom is -0.746 e. The van der Waals surface area contributed by atoms with Gasteiger partial charge in [-0.3, -0.25) is 0 Å². The molecule has 38 heavy (non-hydrogen) atoms. The Morgan fingerprint density at radius 2 is 0.789 bits per heavy atom. The van der Waals surface area contributed by atoms with Crippen LogP contribution in [0.2, 0.25) is 0 Å². The van der Waals surface area contributed by atoms with Crippen molar-refractivity contribution >= 4 is 10.1 Å². The molecule has 0 radical (unpaired) electrons. The highest BCUT2D eigenvalue weighted by Gasteiger charge is 2.25. The van der Waals surface area contributed by atoms with Crippen molar-refractivity contribution in [3.05, 3.63) is 0 Å². The maximum absolute atomic E-state index is 9.65. The molecule has 7 nitrogen and oxygen atoms in total. The molecule has 0 aliphatic carbocycles. The zero-order chi connectivity index (χ0) is 29.0. The Morgan fingerprint density at radius 1 is 0.553 bits per heavy atom. The van der Waals surface area contributed by atoms with Gasteiger partial charge < -0.3 is 24.4 Å². The molecule has 3 N–H and O–H groups in total. The van der Waals surface area contributed by atoms with E-state index in [1.807, 2.05) is 0 Å². The average molecular weight is 568 g/mol. The smallest absolute Gasteiger partial charge is 0.140 e. The number of quaternary nitrogens is 1. The Kier molecular flexibility index (Phi) is 29.7. The molecule has 1 atom stereocenters. The van der Waals surface area contributed by atoms with E-state index in [4.69, 9.17) is 5.11 Å². The van der Waals surface area contributed by atoms with E-state index in [9.17, 15) is 23.2 Å². The average Bonchev–Trinajstić information content (AvgIpc) is 2.86. The van der Waals surface area contributed by atoms with E-state index in [0.29, 0.717) is 0 Å². The van der Waals surface area contributed by atoms with E-state index in [2.05, 4.69) is 13.8 Å². The summed E-state index contributed by atoms with van der Waals surface area (Å²) < 4.78 is 29.5. The minimum absolute atomic E-state index is 0.246.